The van der Waals surface area contributed by atoms with Crippen LogP contribution < -0.4 is 16.0 Å². The highest BCUT2D eigenvalue weighted by Gasteiger charge is 2.48. The van der Waals surface area contributed by atoms with E-state index in [1.807, 2.05) is 13.8 Å². The van der Waals surface area contributed by atoms with E-state index in [-0.39, 0.29) is 41.9 Å². The molecule has 3 rings (SSSR count). The fourth-order valence-corrected chi connectivity index (χ4v) is 4.79. The largest absolute Gasteiger partial charge is 0.391 e. The first-order valence-electron chi connectivity index (χ1n) is 10.8. The Bertz CT molecular complexity index is 603. The summed E-state index contributed by atoms with van der Waals surface area (Å²) in [6.45, 7) is 6.60. The maximum Gasteiger partial charge on any atom is 0.322 e. The van der Waals surface area contributed by atoms with Gasteiger partial charge < -0.3 is 20.6 Å². The summed E-state index contributed by atoms with van der Waals surface area (Å²) in [7, 11) is 0. The lowest BCUT2D eigenvalue weighted by Gasteiger charge is -2.39. The van der Waals surface area contributed by atoms with Gasteiger partial charge in [-0.1, -0.05) is 19.3 Å². The number of guanidine groups is 1. The average Bonchev–Trinajstić information content (AvgIpc) is 2.98. The third-order valence-corrected chi connectivity index (χ3v) is 6.64. The summed E-state index contributed by atoms with van der Waals surface area (Å²) in [4.78, 5) is 30.6. The van der Waals surface area contributed by atoms with Crippen molar-refractivity contribution >= 4 is 41.9 Å². The Balaban J connectivity index is 0.00000300. The number of piperidine rings is 1. The molecule has 9 heteroatoms. The van der Waals surface area contributed by atoms with Crippen molar-refractivity contribution < 1.29 is 14.7 Å². The summed E-state index contributed by atoms with van der Waals surface area (Å²) < 4.78 is 0. The van der Waals surface area contributed by atoms with Crippen LogP contribution in [0.4, 0.5) is 4.79 Å². The van der Waals surface area contributed by atoms with E-state index < -0.39 is 11.6 Å². The minimum atomic E-state index is -0.824. The fourth-order valence-electron chi connectivity index (χ4n) is 4.79. The third-order valence-electron chi connectivity index (χ3n) is 6.64. The topological polar surface area (TPSA) is 106 Å². The number of aliphatic hydroxyl groups excluding tert-OH is 1. The molecule has 2 unspecified atom stereocenters. The molecule has 3 fully saturated rings. The van der Waals surface area contributed by atoms with E-state index in [2.05, 4.69) is 20.9 Å². The van der Waals surface area contributed by atoms with Crippen LogP contribution in [-0.4, -0.2) is 65.7 Å². The quantitative estimate of drug-likeness (QED) is 0.191. The van der Waals surface area contributed by atoms with E-state index in [1.165, 1.54) is 19.3 Å². The smallest absolute Gasteiger partial charge is 0.322 e. The number of aliphatic hydroxyl groups is 1. The second-order valence-corrected chi connectivity index (χ2v) is 8.53. The third kappa shape index (κ3) is 5.74. The molecule has 1 saturated carbocycles. The number of carbonyl (C=O) groups excluding carboxylic acids is 2. The minimum Gasteiger partial charge on any atom is -0.391 e. The van der Waals surface area contributed by atoms with Crippen molar-refractivity contribution in [2.75, 3.05) is 26.2 Å². The van der Waals surface area contributed by atoms with Crippen molar-refractivity contribution in [3.8, 4) is 0 Å². The molecule has 2 atom stereocenters. The van der Waals surface area contributed by atoms with Crippen LogP contribution in [0, 0.1) is 11.8 Å². The van der Waals surface area contributed by atoms with E-state index in [0.717, 1.165) is 51.3 Å². The molecule has 0 aromatic heterocycles. The molecule has 3 amide bonds. The van der Waals surface area contributed by atoms with Gasteiger partial charge in [-0.2, -0.15) is 0 Å². The van der Waals surface area contributed by atoms with Gasteiger partial charge >= 0.3 is 6.03 Å². The first kappa shape index (κ1) is 24.2. The molecule has 2 aliphatic heterocycles. The number of likely N-dealkylation sites (tertiary alicyclic amines) is 1. The van der Waals surface area contributed by atoms with Gasteiger partial charge in [0.1, 0.15) is 5.54 Å². The lowest BCUT2D eigenvalue weighted by Crippen LogP contribution is -2.55. The van der Waals surface area contributed by atoms with Gasteiger partial charge in [0, 0.05) is 19.6 Å². The van der Waals surface area contributed by atoms with Gasteiger partial charge in [-0.25, -0.2) is 4.79 Å². The molecule has 0 spiro atoms. The predicted molar refractivity (Wildman–Crippen MR) is 123 cm³/mol. The summed E-state index contributed by atoms with van der Waals surface area (Å²) in [6.07, 6.45) is 7.14. The Morgan fingerprint density at radius 3 is 2.45 bits per heavy atom. The lowest BCUT2D eigenvalue weighted by atomic mass is 9.79. The molecule has 3 aliphatic rings. The predicted octanol–water partition coefficient (Wildman–Crippen LogP) is 1.82. The van der Waals surface area contributed by atoms with Crippen molar-refractivity contribution in [2.45, 2.75) is 70.4 Å². The van der Waals surface area contributed by atoms with Gasteiger partial charge in [0.05, 0.1) is 12.6 Å². The van der Waals surface area contributed by atoms with Crippen LogP contribution >= 0.6 is 24.0 Å². The molecule has 29 heavy (non-hydrogen) atoms. The van der Waals surface area contributed by atoms with Crippen molar-refractivity contribution in [3.05, 3.63) is 0 Å². The maximum absolute atomic E-state index is 12.2. The van der Waals surface area contributed by atoms with Crippen LogP contribution in [0.1, 0.15) is 58.8 Å². The lowest BCUT2D eigenvalue weighted by molar-refractivity contribution is -0.125. The molecule has 0 bridgehead atoms. The molecule has 0 aromatic rings. The number of hydrogen-bond donors (Lipinski definition) is 4. The SMILES string of the molecule is CCNC(=NCC(O)C1CCCCC1)N1CCC(C2(C)NC(=O)NC2=O)CC1.I. The Hall–Kier alpha value is -1.10. The van der Waals surface area contributed by atoms with E-state index in [9.17, 15) is 14.7 Å². The Kier molecular flexibility index (Phi) is 8.99. The number of hydrogen-bond acceptors (Lipinski definition) is 4. The summed E-state index contributed by atoms with van der Waals surface area (Å²) in [5.74, 6) is 1.08. The Morgan fingerprint density at radius 1 is 1.24 bits per heavy atom. The van der Waals surface area contributed by atoms with Gasteiger partial charge in [-0.05, 0) is 51.4 Å². The molecule has 4 N–H and O–H groups in total. The molecular formula is C20H36IN5O3. The van der Waals surface area contributed by atoms with E-state index in [0.29, 0.717) is 12.5 Å². The van der Waals surface area contributed by atoms with Crippen LogP contribution in [0.2, 0.25) is 0 Å². The van der Waals surface area contributed by atoms with Crippen LogP contribution in [0.25, 0.3) is 0 Å². The number of rotatable bonds is 5. The standard InChI is InChI=1S/C20H35N5O3.HI/c1-3-21-18(22-13-16(26)14-7-5-4-6-8-14)25-11-9-15(10-12-25)20(2)17(27)23-19(28)24-20;/h14-16,26H,3-13H2,1-2H3,(H,21,22)(H2,23,24,27,28);1H. The van der Waals surface area contributed by atoms with Crippen LogP contribution in [-0.2, 0) is 4.79 Å². The number of aliphatic imine (C=N–C) groups is 1. The summed E-state index contributed by atoms with van der Waals surface area (Å²) in [6, 6.07) is -0.401. The van der Waals surface area contributed by atoms with Gasteiger partial charge in [-0.15, -0.1) is 24.0 Å². The molecule has 0 aromatic carbocycles. The maximum atomic E-state index is 12.2. The van der Waals surface area contributed by atoms with Crippen molar-refractivity contribution in [1.29, 1.82) is 0 Å². The summed E-state index contributed by atoms with van der Waals surface area (Å²) in [5.41, 5.74) is -0.824. The van der Waals surface area contributed by atoms with E-state index >= 15 is 0 Å². The van der Waals surface area contributed by atoms with Crippen LogP contribution in [0.5, 0.6) is 0 Å². The van der Waals surface area contributed by atoms with Crippen LogP contribution in [0.3, 0.4) is 0 Å². The zero-order chi connectivity index (χ0) is 20.1. The van der Waals surface area contributed by atoms with E-state index in [4.69, 9.17) is 4.99 Å². The summed E-state index contributed by atoms with van der Waals surface area (Å²) in [5, 5.41) is 19.0. The molecule has 0 radical (unpaired) electrons. The fraction of sp³-hybridized carbons (Fsp3) is 0.850. The number of carbonyl (C=O) groups is 2. The number of nitrogens with zero attached hydrogens (tertiary/aromatic N) is 2. The Morgan fingerprint density at radius 2 is 1.90 bits per heavy atom. The number of imide groups is 1. The van der Waals surface area contributed by atoms with Crippen molar-refractivity contribution in [2.24, 2.45) is 16.8 Å². The van der Waals surface area contributed by atoms with Crippen LogP contribution in [0.15, 0.2) is 4.99 Å². The zero-order valence-corrected chi connectivity index (χ0v) is 19.9. The molecule has 166 valence electrons. The average molecular weight is 521 g/mol. The Labute approximate surface area is 190 Å². The van der Waals surface area contributed by atoms with Crippen molar-refractivity contribution in [1.82, 2.24) is 20.9 Å². The molecular weight excluding hydrogens is 485 g/mol. The van der Waals surface area contributed by atoms with Gasteiger partial charge in [-0.3, -0.25) is 15.1 Å². The van der Waals surface area contributed by atoms with E-state index in [1.54, 1.807) is 0 Å². The highest BCUT2D eigenvalue weighted by atomic mass is 127. The minimum absolute atomic E-state index is 0. The van der Waals surface area contributed by atoms with Gasteiger partial charge in [0.15, 0.2) is 5.96 Å². The van der Waals surface area contributed by atoms with Gasteiger partial charge in [0.2, 0.25) is 0 Å². The normalized spacial score (nSPS) is 27.8. The van der Waals surface area contributed by atoms with Crippen molar-refractivity contribution in [3.63, 3.8) is 0 Å². The van der Waals surface area contributed by atoms with Gasteiger partial charge in [0.25, 0.3) is 5.91 Å². The first-order valence-corrected chi connectivity index (χ1v) is 10.8. The molecule has 8 nitrogen and oxygen atoms in total. The number of urea groups is 1. The number of nitrogens with one attached hydrogen (secondary N) is 3. The molecule has 2 saturated heterocycles. The molecule has 1 aliphatic carbocycles. The second-order valence-electron chi connectivity index (χ2n) is 8.53. The monoisotopic (exact) mass is 521 g/mol. The zero-order valence-electron chi connectivity index (χ0n) is 17.6. The summed E-state index contributed by atoms with van der Waals surface area (Å²) >= 11 is 0. The number of amides is 3. The highest BCUT2D eigenvalue weighted by molar-refractivity contribution is 14.0. The second kappa shape index (κ2) is 10.8. The number of halogens is 1. The first-order chi connectivity index (χ1) is 13.4. The molecule has 2 heterocycles. The highest BCUT2D eigenvalue weighted by Crippen LogP contribution is 2.31.